The van der Waals surface area contributed by atoms with Gasteiger partial charge in [-0.1, -0.05) is 0 Å². The highest BCUT2D eigenvalue weighted by atomic mass is 16.5. The van der Waals surface area contributed by atoms with Crippen molar-refractivity contribution >= 4 is 0 Å². The van der Waals surface area contributed by atoms with Gasteiger partial charge in [0.1, 0.15) is 5.82 Å². The molecule has 1 aliphatic rings. The van der Waals surface area contributed by atoms with Gasteiger partial charge in [0.25, 0.3) is 0 Å². The normalized spacial score (nSPS) is 20.7. The molecule has 1 fully saturated rings. The van der Waals surface area contributed by atoms with Gasteiger partial charge in [0.2, 0.25) is 0 Å². The van der Waals surface area contributed by atoms with Crippen LogP contribution in [0.2, 0.25) is 0 Å². The van der Waals surface area contributed by atoms with Crippen molar-refractivity contribution in [2.45, 2.75) is 31.9 Å². The summed E-state index contributed by atoms with van der Waals surface area (Å²) in [7, 11) is 1.92. The maximum absolute atomic E-state index is 5.56. The second kappa shape index (κ2) is 5.19. The van der Waals surface area contributed by atoms with E-state index in [2.05, 4.69) is 15.3 Å². The fourth-order valence-electron chi connectivity index (χ4n) is 1.83. The summed E-state index contributed by atoms with van der Waals surface area (Å²) in [5.74, 6) is 0.898. The Morgan fingerprint density at radius 2 is 2.53 bits per heavy atom. The van der Waals surface area contributed by atoms with Gasteiger partial charge in [-0.05, 0) is 26.0 Å². The predicted molar refractivity (Wildman–Crippen MR) is 57.5 cm³/mol. The van der Waals surface area contributed by atoms with Crippen molar-refractivity contribution in [3.63, 3.8) is 0 Å². The maximum atomic E-state index is 5.56. The topological polar surface area (TPSA) is 47.0 Å². The standard InChI is InChI=1S/C11H17N3O/c1-12-8-9-4-5-13-11(14-9)7-10-3-2-6-15-10/h4-5,10,12H,2-3,6-8H2,1H3. The highest BCUT2D eigenvalue weighted by molar-refractivity contribution is 5.03. The van der Waals surface area contributed by atoms with Crippen molar-refractivity contribution in [1.29, 1.82) is 0 Å². The highest BCUT2D eigenvalue weighted by Crippen LogP contribution is 2.15. The third-order valence-corrected chi connectivity index (χ3v) is 2.56. The summed E-state index contributed by atoms with van der Waals surface area (Å²) >= 11 is 0. The van der Waals surface area contributed by atoms with Crippen LogP contribution >= 0.6 is 0 Å². The molecule has 0 bridgehead atoms. The zero-order valence-electron chi connectivity index (χ0n) is 9.07. The molecule has 0 aliphatic carbocycles. The van der Waals surface area contributed by atoms with E-state index in [-0.39, 0.29) is 0 Å². The molecular weight excluding hydrogens is 190 g/mol. The van der Waals surface area contributed by atoms with Crippen LogP contribution in [-0.4, -0.2) is 29.7 Å². The number of hydrogen-bond acceptors (Lipinski definition) is 4. The molecule has 1 N–H and O–H groups in total. The van der Waals surface area contributed by atoms with Crippen LogP contribution in [-0.2, 0) is 17.7 Å². The van der Waals surface area contributed by atoms with Crippen molar-refractivity contribution in [3.8, 4) is 0 Å². The van der Waals surface area contributed by atoms with Gasteiger partial charge in [0, 0.05) is 25.8 Å². The van der Waals surface area contributed by atoms with Crippen molar-refractivity contribution in [2.75, 3.05) is 13.7 Å². The van der Waals surface area contributed by atoms with E-state index in [1.165, 1.54) is 6.42 Å². The second-order valence-electron chi connectivity index (χ2n) is 3.83. The van der Waals surface area contributed by atoms with E-state index < -0.39 is 0 Å². The maximum Gasteiger partial charge on any atom is 0.131 e. The first-order valence-corrected chi connectivity index (χ1v) is 5.45. The fourth-order valence-corrected chi connectivity index (χ4v) is 1.83. The van der Waals surface area contributed by atoms with Crippen LogP contribution in [0.5, 0.6) is 0 Å². The number of nitrogens with one attached hydrogen (secondary N) is 1. The minimum absolute atomic E-state index is 0.329. The molecule has 0 aromatic carbocycles. The van der Waals surface area contributed by atoms with E-state index in [0.717, 1.165) is 37.5 Å². The van der Waals surface area contributed by atoms with Crippen LogP contribution in [0.3, 0.4) is 0 Å². The van der Waals surface area contributed by atoms with Crippen molar-refractivity contribution in [2.24, 2.45) is 0 Å². The van der Waals surface area contributed by atoms with Gasteiger partial charge in [0.05, 0.1) is 11.8 Å². The molecule has 0 spiro atoms. The fraction of sp³-hybridized carbons (Fsp3) is 0.636. The van der Waals surface area contributed by atoms with Gasteiger partial charge < -0.3 is 10.1 Å². The molecule has 0 saturated carbocycles. The lowest BCUT2D eigenvalue weighted by Gasteiger charge is -2.08. The molecule has 15 heavy (non-hydrogen) atoms. The summed E-state index contributed by atoms with van der Waals surface area (Å²) in [5.41, 5.74) is 1.04. The number of ether oxygens (including phenoxy) is 1. The van der Waals surface area contributed by atoms with Crippen LogP contribution in [0.4, 0.5) is 0 Å². The zero-order valence-corrected chi connectivity index (χ0v) is 9.07. The van der Waals surface area contributed by atoms with Crippen LogP contribution in [0.1, 0.15) is 24.4 Å². The molecule has 1 unspecified atom stereocenters. The molecule has 1 aromatic heterocycles. The molecule has 2 rings (SSSR count). The van der Waals surface area contributed by atoms with Gasteiger partial charge in [-0.25, -0.2) is 9.97 Å². The van der Waals surface area contributed by atoms with Crippen molar-refractivity contribution in [1.82, 2.24) is 15.3 Å². The second-order valence-corrected chi connectivity index (χ2v) is 3.83. The summed E-state index contributed by atoms with van der Waals surface area (Å²) < 4.78 is 5.56. The smallest absolute Gasteiger partial charge is 0.131 e. The Labute approximate surface area is 90.1 Å². The minimum Gasteiger partial charge on any atom is -0.378 e. The van der Waals surface area contributed by atoms with Crippen LogP contribution in [0, 0.1) is 0 Å². The lowest BCUT2D eigenvalue weighted by atomic mass is 10.2. The highest BCUT2D eigenvalue weighted by Gasteiger charge is 2.17. The Balaban J connectivity index is 1.97. The summed E-state index contributed by atoms with van der Waals surface area (Å²) in [5, 5.41) is 3.08. The van der Waals surface area contributed by atoms with Gasteiger partial charge in [-0.15, -0.1) is 0 Å². The van der Waals surface area contributed by atoms with E-state index in [4.69, 9.17) is 4.74 Å². The van der Waals surface area contributed by atoms with Gasteiger partial charge in [-0.2, -0.15) is 0 Å². The van der Waals surface area contributed by atoms with Crippen LogP contribution in [0.15, 0.2) is 12.3 Å². The first-order chi connectivity index (χ1) is 7.38. The Morgan fingerprint density at radius 3 is 3.27 bits per heavy atom. The lowest BCUT2D eigenvalue weighted by molar-refractivity contribution is 0.110. The minimum atomic E-state index is 0.329. The molecule has 4 nitrogen and oxygen atoms in total. The molecule has 4 heteroatoms. The summed E-state index contributed by atoms with van der Waals surface area (Å²) in [4.78, 5) is 8.74. The SMILES string of the molecule is CNCc1ccnc(CC2CCCO2)n1. The third-order valence-electron chi connectivity index (χ3n) is 2.56. The van der Waals surface area contributed by atoms with E-state index in [1.54, 1.807) is 0 Å². The number of nitrogens with zero attached hydrogens (tertiary/aromatic N) is 2. The quantitative estimate of drug-likeness (QED) is 0.797. The van der Waals surface area contributed by atoms with Gasteiger partial charge >= 0.3 is 0 Å². The monoisotopic (exact) mass is 207 g/mol. The van der Waals surface area contributed by atoms with Gasteiger partial charge in [0.15, 0.2) is 0 Å². The molecule has 1 saturated heterocycles. The van der Waals surface area contributed by atoms with Crippen LogP contribution in [0.25, 0.3) is 0 Å². The van der Waals surface area contributed by atoms with E-state index >= 15 is 0 Å². The first-order valence-electron chi connectivity index (χ1n) is 5.45. The Hall–Kier alpha value is -1.00. The number of hydrogen-bond donors (Lipinski definition) is 1. The largest absolute Gasteiger partial charge is 0.378 e. The third kappa shape index (κ3) is 2.97. The molecule has 2 heterocycles. The molecule has 1 aromatic rings. The number of aromatic nitrogens is 2. The summed E-state index contributed by atoms with van der Waals surface area (Å²) in [6.07, 6.45) is 5.30. The Kier molecular flexibility index (Phi) is 3.64. The van der Waals surface area contributed by atoms with Crippen molar-refractivity contribution in [3.05, 3.63) is 23.8 Å². The average molecular weight is 207 g/mol. The molecule has 0 radical (unpaired) electrons. The van der Waals surface area contributed by atoms with Gasteiger partial charge in [-0.3, -0.25) is 0 Å². The summed E-state index contributed by atoms with van der Waals surface area (Å²) in [6.45, 7) is 1.68. The molecule has 82 valence electrons. The van der Waals surface area contributed by atoms with Crippen molar-refractivity contribution < 1.29 is 4.74 Å². The van der Waals surface area contributed by atoms with E-state index in [9.17, 15) is 0 Å². The van der Waals surface area contributed by atoms with Crippen LogP contribution < -0.4 is 5.32 Å². The van der Waals surface area contributed by atoms with E-state index in [1.807, 2.05) is 19.3 Å². The average Bonchev–Trinajstić information content (AvgIpc) is 2.71. The van der Waals surface area contributed by atoms with E-state index in [0.29, 0.717) is 6.10 Å². The Morgan fingerprint density at radius 1 is 1.60 bits per heavy atom. The predicted octanol–water partition coefficient (Wildman–Crippen LogP) is 0.917. The summed E-state index contributed by atoms with van der Waals surface area (Å²) in [6, 6.07) is 1.94. The number of rotatable bonds is 4. The molecular formula is C11H17N3O. The molecule has 1 atom stereocenters. The molecule has 1 aliphatic heterocycles. The lowest BCUT2D eigenvalue weighted by Crippen LogP contribution is -2.14. The molecule has 0 amide bonds. The first kappa shape index (κ1) is 10.5. The zero-order chi connectivity index (χ0) is 10.5. The Bertz CT molecular complexity index is 310.